The molecule has 1 aliphatic heterocycles. The molecule has 0 spiro atoms. The fourth-order valence-corrected chi connectivity index (χ4v) is 2.62. The Balaban J connectivity index is 2.17. The van der Waals surface area contributed by atoms with Crippen molar-refractivity contribution in [2.24, 2.45) is 5.92 Å². The third kappa shape index (κ3) is 6.72. The Morgan fingerprint density at radius 3 is 2.83 bits per heavy atom. The highest BCUT2D eigenvalue weighted by Crippen LogP contribution is 2.10. The Morgan fingerprint density at radius 1 is 1.39 bits per heavy atom. The second-order valence-corrected chi connectivity index (χ2v) is 6.09. The number of unbranched alkanes of at least 4 members (excludes halogenated alkanes) is 1. The molecule has 0 aliphatic carbocycles. The summed E-state index contributed by atoms with van der Waals surface area (Å²) in [7, 11) is 2.22. The lowest BCUT2D eigenvalue weighted by Gasteiger charge is -2.33. The van der Waals surface area contributed by atoms with Crippen molar-refractivity contribution < 1.29 is 4.74 Å². The van der Waals surface area contributed by atoms with Crippen LogP contribution in [0.3, 0.4) is 0 Å². The molecule has 108 valence electrons. The molecular weight excluding hydrogens is 224 g/mol. The first-order chi connectivity index (χ1) is 8.61. The molecule has 3 nitrogen and oxygen atoms in total. The highest BCUT2D eigenvalue weighted by Gasteiger charge is 2.20. The monoisotopic (exact) mass is 256 g/mol. The van der Waals surface area contributed by atoms with Crippen LogP contribution in [0.4, 0.5) is 0 Å². The van der Waals surface area contributed by atoms with Crippen molar-refractivity contribution in [3.05, 3.63) is 0 Å². The molecule has 0 aromatic carbocycles. The van der Waals surface area contributed by atoms with Gasteiger partial charge in [0.2, 0.25) is 0 Å². The van der Waals surface area contributed by atoms with Gasteiger partial charge >= 0.3 is 0 Å². The number of rotatable bonds is 8. The zero-order valence-corrected chi connectivity index (χ0v) is 12.8. The number of hydrogen-bond donors (Lipinski definition) is 0. The summed E-state index contributed by atoms with van der Waals surface area (Å²) in [5.74, 6) is 0.753. The molecule has 0 amide bonds. The lowest BCUT2D eigenvalue weighted by Crippen LogP contribution is -2.44. The molecule has 0 bridgehead atoms. The van der Waals surface area contributed by atoms with Crippen LogP contribution in [0.2, 0.25) is 0 Å². The van der Waals surface area contributed by atoms with E-state index in [4.69, 9.17) is 4.74 Å². The first kappa shape index (κ1) is 15.9. The minimum absolute atomic E-state index is 0.449. The van der Waals surface area contributed by atoms with Crippen LogP contribution in [-0.2, 0) is 4.74 Å². The van der Waals surface area contributed by atoms with Crippen LogP contribution in [0, 0.1) is 5.92 Å². The molecule has 3 heteroatoms. The SMILES string of the molecule is CCCCN1CCOC(CCN(C)CC(C)C)C1. The Hall–Kier alpha value is -0.120. The van der Waals surface area contributed by atoms with Gasteiger partial charge in [-0.05, 0) is 32.4 Å². The van der Waals surface area contributed by atoms with Crippen LogP contribution >= 0.6 is 0 Å². The van der Waals surface area contributed by atoms with E-state index in [1.54, 1.807) is 0 Å². The van der Waals surface area contributed by atoms with Gasteiger partial charge in [0.25, 0.3) is 0 Å². The van der Waals surface area contributed by atoms with Gasteiger partial charge in [0.05, 0.1) is 12.7 Å². The van der Waals surface area contributed by atoms with E-state index in [1.807, 2.05) is 0 Å². The number of hydrogen-bond acceptors (Lipinski definition) is 3. The van der Waals surface area contributed by atoms with E-state index >= 15 is 0 Å². The minimum Gasteiger partial charge on any atom is -0.376 e. The molecule has 1 heterocycles. The highest BCUT2D eigenvalue weighted by atomic mass is 16.5. The van der Waals surface area contributed by atoms with Gasteiger partial charge in [0.1, 0.15) is 0 Å². The largest absolute Gasteiger partial charge is 0.376 e. The lowest BCUT2D eigenvalue weighted by atomic mass is 10.1. The highest BCUT2D eigenvalue weighted by molar-refractivity contribution is 4.72. The molecule has 0 saturated carbocycles. The van der Waals surface area contributed by atoms with Gasteiger partial charge in [-0.3, -0.25) is 4.90 Å². The van der Waals surface area contributed by atoms with E-state index in [9.17, 15) is 0 Å². The van der Waals surface area contributed by atoms with Crippen LogP contribution in [0.25, 0.3) is 0 Å². The Labute approximate surface area is 113 Å². The van der Waals surface area contributed by atoms with Crippen molar-refractivity contribution >= 4 is 0 Å². The number of nitrogens with zero attached hydrogens (tertiary/aromatic N) is 2. The molecular formula is C15H32N2O. The molecule has 18 heavy (non-hydrogen) atoms. The van der Waals surface area contributed by atoms with Crippen molar-refractivity contribution in [1.29, 1.82) is 0 Å². The summed E-state index contributed by atoms with van der Waals surface area (Å²) in [5, 5.41) is 0. The minimum atomic E-state index is 0.449. The van der Waals surface area contributed by atoms with Gasteiger partial charge < -0.3 is 9.64 Å². The normalized spacial score (nSPS) is 22.0. The van der Waals surface area contributed by atoms with Gasteiger partial charge in [-0.25, -0.2) is 0 Å². The van der Waals surface area contributed by atoms with E-state index in [-0.39, 0.29) is 0 Å². The van der Waals surface area contributed by atoms with E-state index in [0.717, 1.165) is 32.2 Å². The molecule has 1 fully saturated rings. The maximum atomic E-state index is 5.88. The van der Waals surface area contributed by atoms with Crippen LogP contribution in [0.1, 0.15) is 40.0 Å². The maximum absolute atomic E-state index is 5.88. The Bertz CT molecular complexity index is 209. The third-order valence-corrected chi connectivity index (χ3v) is 3.56. The smallest absolute Gasteiger partial charge is 0.0714 e. The van der Waals surface area contributed by atoms with Crippen LogP contribution < -0.4 is 0 Å². The van der Waals surface area contributed by atoms with Crippen molar-refractivity contribution in [3.63, 3.8) is 0 Å². The van der Waals surface area contributed by atoms with E-state index in [1.165, 1.54) is 32.4 Å². The molecule has 0 aromatic heterocycles. The second-order valence-electron chi connectivity index (χ2n) is 6.09. The predicted molar refractivity (Wildman–Crippen MR) is 78.0 cm³/mol. The zero-order chi connectivity index (χ0) is 13.4. The first-order valence-electron chi connectivity index (χ1n) is 7.64. The summed E-state index contributed by atoms with van der Waals surface area (Å²) < 4.78 is 5.88. The molecule has 1 aliphatic rings. The Morgan fingerprint density at radius 2 is 2.17 bits per heavy atom. The molecule has 1 rings (SSSR count). The summed E-state index contributed by atoms with van der Waals surface area (Å²) in [6.07, 6.45) is 4.23. The summed E-state index contributed by atoms with van der Waals surface area (Å²) in [6, 6.07) is 0. The van der Waals surface area contributed by atoms with Gasteiger partial charge in [-0.15, -0.1) is 0 Å². The van der Waals surface area contributed by atoms with Crippen molar-refractivity contribution in [3.8, 4) is 0 Å². The summed E-state index contributed by atoms with van der Waals surface area (Å²) >= 11 is 0. The fraction of sp³-hybridized carbons (Fsp3) is 1.00. The molecule has 1 unspecified atom stereocenters. The lowest BCUT2D eigenvalue weighted by molar-refractivity contribution is -0.0353. The van der Waals surface area contributed by atoms with Crippen LogP contribution in [0.5, 0.6) is 0 Å². The van der Waals surface area contributed by atoms with Gasteiger partial charge in [0.15, 0.2) is 0 Å². The molecule has 1 atom stereocenters. The standard InChI is InChI=1S/C15H32N2O/c1-5-6-8-17-10-11-18-15(13-17)7-9-16(4)12-14(2)3/h14-15H,5-13H2,1-4H3. The summed E-state index contributed by atoms with van der Waals surface area (Å²) in [5.41, 5.74) is 0. The molecule has 0 radical (unpaired) electrons. The number of ether oxygens (including phenoxy) is 1. The maximum Gasteiger partial charge on any atom is 0.0714 e. The van der Waals surface area contributed by atoms with E-state index in [2.05, 4.69) is 37.6 Å². The van der Waals surface area contributed by atoms with Gasteiger partial charge in [-0.2, -0.15) is 0 Å². The average Bonchev–Trinajstić information content (AvgIpc) is 2.33. The van der Waals surface area contributed by atoms with Crippen LogP contribution in [0.15, 0.2) is 0 Å². The van der Waals surface area contributed by atoms with E-state index < -0.39 is 0 Å². The first-order valence-corrected chi connectivity index (χ1v) is 7.64. The fourth-order valence-electron chi connectivity index (χ4n) is 2.62. The molecule has 0 aromatic rings. The third-order valence-electron chi connectivity index (χ3n) is 3.56. The topological polar surface area (TPSA) is 15.7 Å². The summed E-state index contributed by atoms with van der Waals surface area (Å²) in [4.78, 5) is 5.00. The zero-order valence-electron chi connectivity index (χ0n) is 12.8. The van der Waals surface area contributed by atoms with Crippen molar-refractivity contribution in [2.75, 3.05) is 46.4 Å². The quantitative estimate of drug-likeness (QED) is 0.663. The molecule has 0 N–H and O–H groups in total. The van der Waals surface area contributed by atoms with Crippen LogP contribution in [-0.4, -0.2) is 62.3 Å². The Kier molecular flexibility index (Phi) is 7.87. The second kappa shape index (κ2) is 8.89. The summed E-state index contributed by atoms with van der Waals surface area (Å²) in [6.45, 7) is 13.6. The predicted octanol–water partition coefficient (Wildman–Crippen LogP) is 2.47. The van der Waals surface area contributed by atoms with Crippen molar-refractivity contribution in [2.45, 2.75) is 46.1 Å². The van der Waals surface area contributed by atoms with E-state index in [0.29, 0.717) is 6.10 Å². The van der Waals surface area contributed by atoms with Crippen molar-refractivity contribution in [1.82, 2.24) is 9.80 Å². The average molecular weight is 256 g/mol. The molecule has 1 saturated heterocycles. The number of morpholine rings is 1. The van der Waals surface area contributed by atoms with Gasteiger partial charge in [0, 0.05) is 26.2 Å². The van der Waals surface area contributed by atoms with Gasteiger partial charge in [-0.1, -0.05) is 27.2 Å².